The van der Waals surface area contributed by atoms with Crippen LogP contribution in [0.4, 0.5) is 0 Å². The molecular weight excluding hydrogens is 266 g/mol. The summed E-state index contributed by atoms with van der Waals surface area (Å²) in [4.78, 5) is 12.6. The highest BCUT2D eigenvalue weighted by molar-refractivity contribution is 5.82. The van der Waals surface area contributed by atoms with Crippen LogP contribution in [0.2, 0.25) is 0 Å². The summed E-state index contributed by atoms with van der Waals surface area (Å²) in [5.74, 6) is 1.25. The molecule has 1 saturated carbocycles. The molecule has 1 heterocycles. The van der Waals surface area contributed by atoms with Gasteiger partial charge in [0.1, 0.15) is 0 Å². The summed E-state index contributed by atoms with van der Waals surface area (Å²) in [5, 5.41) is 12.4. The third-order valence-electron chi connectivity index (χ3n) is 5.19. The van der Waals surface area contributed by atoms with Gasteiger partial charge in [-0.2, -0.15) is 0 Å². The molecule has 2 N–H and O–H groups in total. The van der Waals surface area contributed by atoms with Crippen molar-refractivity contribution in [3.8, 4) is 0 Å². The van der Waals surface area contributed by atoms with Crippen LogP contribution in [-0.2, 0) is 9.53 Å². The van der Waals surface area contributed by atoms with Crippen molar-refractivity contribution in [3.63, 3.8) is 0 Å². The molecule has 4 heteroatoms. The van der Waals surface area contributed by atoms with Gasteiger partial charge < -0.3 is 15.2 Å². The molecule has 1 aliphatic carbocycles. The molecule has 0 spiro atoms. The van der Waals surface area contributed by atoms with Gasteiger partial charge in [-0.3, -0.25) is 4.79 Å². The van der Waals surface area contributed by atoms with Crippen LogP contribution in [0.3, 0.4) is 0 Å². The summed E-state index contributed by atoms with van der Waals surface area (Å²) in [6.07, 6.45) is 7.18. The molecule has 2 aliphatic rings. The van der Waals surface area contributed by atoms with E-state index in [0.29, 0.717) is 17.9 Å². The minimum atomic E-state index is -0.296. The van der Waals surface area contributed by atoms with E-state index in [0.717, 1.165) is 58.2 Å². The maximum Gasteiger partial charge on any atom is 0.225 e. The van der Waals surface area contributed by atoms with E-state index in [1.807, 2.05) is 0 Å². The van der Waals surface area contributed by atoms with Gasteiger partial charge in [0.05, 0.1) is 0 Å². The predicted octanol–water partition coefficient (Wildman–Crippen LogP) is 2.50. The third kappa shape index (κ3) is 4.96. The normalized spacial score (nSPS) is 28.3. The summed E-state index contributed by atoms with van der Waals surface area (Å²) in [6.45, 7) is 6.10. The zero-order valence-corrected chi connectivity index (χ0v) is 13.6. The monoisotopic (exact) mass is 297 g/mol. The molecule has 0 radical (unpaired) electrons. The average Bonchev–Trinajstić information content (AvgIpc) is 2.48. The van der Waals surface area contributed by atoms with Crippen molar-refractivity contribution in [1.82, 2.24) is 5.32 Å². The van der Waals surface area contributed by atoms with E-state index < -0.39 is 0 Å². The molecule has 21 heavy (non-hydrogen) atoms. The molecule has 1 amide bonds. The molecule has 0 aromatic rings. The first-order chi connectivity index (χ1) is 10.0. The average molecular weight is 297 g/mol. The number of hydrogen-bond acceptors (Lipinski definition) is 3. The molecule has 0 bridgehead atoms. The van der Waals surface area contributed by atoms with E-state index in [-0.39, 0.29) is 17.9 Å². The van der Waals surface area contributed by atoms with Crippen LogP contribution in [0.1, 0.15) is 58.8 Å². The van der Waals surface area contributed by atoms with E-state index in [2.05, 4.69) is 19.2 Å². The van der Waals surface area contributed by atoms with Crippen molar-refractivity contribution < 1.29 is 14.6 Å². The maximum atomic E-state index is 12.6. The van der Waals surface area contributed by atoms with Crippen molar-refractivity contribution in [2.24, 2.45) is 17.3 Å². The molecule has 0 unspecified atom stereocenters. The van der Waals surface area contributed by atoms with Crippen LogP contribution >= 0.6 is 0 Å². The Morgan fingerprint density at radius 2 is 1.71 bits per heavy atom. The minimum Gasteiger partial charge on any atom is -0.396 e. The van der Waals surface area contributed by atoms with Gasteiger partial charge in [-0.15, -0.1) is 0 Å². The van der Waals surface area contributed by atoms with E-state index in [1.54, 1.807) is 0 Å². The fourth-order valence-electron chi connectivity index (χ4n) is 3.64. The Kier molecular flexibility index (Phi) is 6.06. The maximum absolute atomic E-state index is 12.6. The van der Waals surface area contributed by atoms with E-state index in [1.165, 1.54) is 0 Å². The number of amides is 1. The lowest BCUT2D eigenvalue weighted by molar-refractivity contribution is -0.131. The summed E-state index contributed by atoms with van der Waals surface area (Å²) < 4.78 is 5.40. The molecule has 1 saturated heterocycles. The second-order valence-corrected chi connectivity index (χ2v) is 7.52. The summed E-state index contributed by atoms with van der Waals surface area (Å²) in [5.41, 5.74) is -0.296. The highest BCUT2D eigenvalue weighted by Gasteiger charge is 2.33. The first-order valence-corrected chi connectivity index (χ1v) is 8.51. The van der Waals surface area contributed by atoms with E-state index in [9.17, 15) is 9.90 Å². The van der Waals surface area contributed by atoms with Gasteiger partial charge in [-0.25, -0.2) is 0 Å². The van der Waals surface area contributed by atoms with Crippen LogP contribution in [0, 0.1) is 17.3 Å². The highest BCUT2D eigenvalue weighted by atomic mass is 16.5. The van der Waals surface area contributed by atoms with Crippen LogP contribution < -0.4 is 5.32 Å². The van der Waals surface area contributed by atoms with E-state index >= 15 is 0 Å². The lowest BCUT2D eigenvalue weighted by atomic mass is 9.78. The second kappa shape index (κ2) is 7.59. The minimum absolute atomic E-state index is 0.196. The molecular formula is C17H31NO3. The fourth-order valence-corrected chi connectivity index (χ4v) is 3.64. The number of carbonyl (C=O) groups excluding carboxylic acids is 1. The van der Waals surface area contributed by atoms with Crippen molar-refractivity contribution in [1.29, 1.82) is 0 Å². The number of carbonyl (C=O) groups is 1. The molecule has 0 aromatic carbocycles. The van der Waals surface area contributed by atoms with Crippen LogP contribution in [0.25, 0.3) is 0 Å². The standard InChI is InChI=1S/C17H31NO3/c1-17(2,11-13-7-9-21-10-8-13)16(20)18-15-5-3-14(12-19)4-6-15/h13-15,19H,3-12H2,1-2H3,(H,18,20). The number of aliphatic hydroxyl groups excluding tert-OH is 1. The Morgan fingerprint density at radius 1 is 1.10 bits per heavy atom. The molecule has 1 aliphatic heterocycles. The lowest BCUT2D eigenvalue weighted by Gasteiger charge is -2.34. The van der Waals surface area contributed by atoms with E-state index in [4.69, 9.17) is 4.74 Å². The number of rotatable bonds is 5. The highest BCUT2D eigenvalue weighted by Crippen LogP contribution is 2.32. The van der Waals surface area contributed by atoms with Crippen LogP contribution in [-0.4, -0.2) is 36.9 Å². The van der Waals surface area contributed by atoms with Gasteiger partial charge in [-0.1, -0.05) is 13.8 Å². The molecule has 122 valence electrons. The first kappa shape index (κ1) is 16.8. The van der Waals surface area contributed by atoms with Gasteiger partial charge >= 0.3 is 0 Å². The molecule has 4 nitrogen and oxygen atoms in total. The number of aliphatic hydroxyl groups is 1. The zero-order valence-electron chi connectivity index (χ0n) is 13.6. The van der Waals surface area contributed by atoms with Gasteiger partial charge in [0, 0.05) is 31.3 Å². The Balaban J connectivity index is 1.78. The first-order valence-electron chi connectivity index (χ1n) is 8.51. The Morgan fingerprint density at radius 3 is 2.29 bits per heavy atom. The summed E-state index contributed by atoms with van der Waals surface area (Å²) in [7, 11) is 0. The van der Waals surface area contributed by atoms with Crippen molar-refractivity contribution >= 4 is 5.91 Å². The molecule has 2 rings (SSSR count). The fraction of sp³-hybridized carbons (Fsp3) is 0.941. The second-order valence-electron chi connectivity index (χ2n) is 7.52. The molecule has 0 atom stereocenters. The largest absolute Gasteiger partial charge is 0.396 e. The van der Waals surface area contributed by atoms with Gasteiger partial charge in [-0.05, 0) is 56.8 Å². The molecule has 2 fully saturated rings. The predicted molar refractivity (Wildman–Crippen MR) is 82.9 cm³/mol. The van der Waals surface area contributed by atoms with Crippen LogP contribution in [0.5, 0.6) is 0 Å². The quantitative estimate of drug-likeness (QED) is 0.819. The Bertz CT molecular complexity index is 329. The Labute approximate surface area is 128 Å². The summed E-state index contributed by atoms with van der Waals surface area (Å²) >= 11 is 0. The van der Waals surface area contributed by atoms with Crippen molar-refractivity contribution in [2.45, 2.75) is 64.8 Å². The number of nitrogens with one attached hydrogen (secondary N) is 1. The van der Waals surface area contributed by atoms with Crippen molar-refractivity contribution in [2.75, 3.05) is 19.8 Å². The van der Waals surface area contributed by atoms with Crippen LogP contribution in [0.15, 0.2) is 0 Å². The van der Waals surface area contributed by atoms with Gasteiger partial charge in [0.15, 0.2) is 0 Å². The number of ether oxygens (including phenoxy) is 1. The Hall–Kier alpha value is -0.610. The topological polar surface area (TPSA) is 58.6 Å². The number of hydrogen-bond donors (Lipinski definition) is 2. The van der Waals surface area contributed by atoms with Gasteiger partial charge in [0.2, 0.25) is 5.91 Å². The third-order valence-corrected chi connectivity index (χ3v) is 5.19. The smallest absolute Gasteiger partial charge is 0.225 e. The molecule has 0 aromatic heterocycles. The summed E-state index contributed by atoms with van der Waals surface area (Å²) in [6, 6.07) is 0.300. The van der Waals surface area contributed by atoms with Crippen molar-refractivity contribution in [3.05, 3.63) is 0 Å². The SMILES string of the molecule is CC(C)(CC1CCOCC1)C(=O)NC1CCC(CO)CC1. The van der Waals surface area contributed by atoms with Gasteiger partial charge in [0.25, 0.3) is 0 Å². The zero-order chi connectivity index (χ0) is 15.3. The lowest BCUT2D eigenvalue weighted by Crippen LogP contribution is -2.45.